The van der Waals surface area contributed by atoms with Gasteiger partial charge in [0.05, 0.1) is 0 Å². The maximum absolute atomic E-state index is 12.6. The maximum Gasteiger partial charge on any atom is 0.329 e. The summed E-state index contributed by atoms with van der Waals surface area (Å²) in [6, 6.07) is -0.118. The molecule has 1 heterocycles. The summed E-state index contributed by atoms with van der Waals surface area (Å²) < 4.78 is 0. The van der Waals surface area contributed by atoms with Gasteiger partial charge in [0.25, 0.3) is 0 Å². The summed E-state index contributed by atoms with van der Waals surface area (Å²) in [4.78, 5) is 28.0. The third kappa shape index (κ3) is 4.59. The van der Waals surface area contributed by atoms with Crippen LogP contribution in [0.1, 0.15) is 46.5 Å². The van der Waals surface area contributed by atoms with Crippen molar-refractivity contribution in [3.8, 4) is 0 Å². The number of rotatable bonds is 5. The number of carboxylic acid groups (broad SMARTS) is 1. The molecule has 6 nitrogen and oxygen atoms in total. The van der Waals surface area contributed by atoms with Crippen LogP contribution in [0, 0.1) is 0 Å². The molecular formula is C15H29N3O3. The second-order valence-electron chi connectivity index (χ2n) is 6.19. The molecule has 1 saturated heterocycles. The number of amides is 2. The van der Waals surface area contributed by atoms with Crippen molar-refractivity contribution in [3.63, 3.8) is 0 Å². The van der Waals surface area contributed by atoms with Crippen molar-refractivity contribution in [1.29, 1.82) is 0 Å². The van der Waals surface area contributed by atoms with E-state index in [2.05, 4.69) is 24.2 Å². The van der Waals surface area contributed by atoms with Crippen LogP contribution in [0.3, 0.4) is 0 Å². The minimum atomic E-state index is -1.19. The lowest BCUT2D eigenvalue weighted by atomic mass is 9.96. The number of urea groups is 1. The van der Waals surface area contributed by atoms with E-state index in [1.54, 1.807) is 11.8 Å². The van der Waals surface area contributed by atoms with Gasteiger partial charge in [-0.15, -0.1) is 0 Å². The monoisotopic (exact) mass is 299 g/mol. The van der Waals surface area contributed by atoms with E-state index in [0.29, 0.717) is 19.4 Å². The molecular weight excluding hydrogens is 270 g/mol. The Morgan fingerprint density at radius 3 is 2.52 bits per heavy atom. The lowest BCUT2D eigenvalue weighted by Gasteiger charge is -2.34. The SMILES string of the molecule is CCCC(C)(NC(=O)N1CCCN(C)CC1CC)C(=O)O. The smallest absolute Gasteiger partial charge is 0.329 e. The van der Waals surface area contributed by atoms with Gasteiger partial charge in [-0.3, -0.25) is 0 Å². The van der Waals surface area contributed by atoms with Crippen LogP contribution in [0.15, 0.2) is 0 Å². The van der Waals surface area contributed by atoms with Crippen LogP contribution in [0.2, 0.25) is 0 Å². The van der Waals surface area contributed by atoms with Crippen molar-refractivity contribution in [1.82, 2.24) is 15.1 Å². The molecule has 0 aliphatic carbocycles. The van der Waals surface area contributed by atoms with E-state index in [4.69, 9.17) is 0 Å². The van der Waals surface area contributed by atoms with E-state index in [1.807, 2.05) is 6.92 Å². The molecule has 2 atom stereocenters. The number of hydrogen-bond donors (Lipinski definition) is 2. The molecule has 0 aromatic carbocycles. The average molecular weight is 299 g/mol. The van der Waals surface area contributed by atoms with Gasteiger partial charge in [0, 0.05) is 19.1 Å². The topological polar surface area (TPSA) is 72.9 Å². The minimum Gasteiger partial charge on any atom is -0.480 e. The molecule has 122 valence electrons. The number of hydrogen-bond acceptors (Lipinski definition) is 3. The van der Waals surface area contributed by atoms with Crippen LogP contribution < -0.4 is 5.32 Å². The van der Waals surface area contributed by atoms with Crippen LogP contribution in [-0.2, 0) is 4.79 Å². The molecule has 2 N–H and O–H groups in total. The quantitative estimate of drug-likeness (QED) is 0.811. The van der Waals surface area contributed by atoms with E-state index in [1.165, 1.54) is 0 Å². The van der Waals surface area contributed by atoms with Crippen molar-refractivity contribution in [2.45, 2.75) is 58.0 Å². The van der Waals surface area contributed by atoms with Crippen LogP contribution >= 0.6 is 0 Å². The van der Waals surface area contributed by atoms with Crippen LogP contribution in [-0.4, -0.2) is 65.2 Å². The number of carboxylic acids is 1. The molecule has 0 spiro atoms. The predicted octanol–water partition coefficient (Wildman–Crippen LogP) is 1.76. The summed E-state index contributed by atoms with van der Waals surface area (Å²) in [5.74, 6) is -0.974. The van der Waals surface area contributed by atoms with Gasteiger partial charge in [0.2, 0.25) is 0 Å². The van der Waals surface area contributed by atoms with Gasteiger partial charge in [0.15, 0.2) is 0 Å². The number of nitrogens with zero attached hydrogens (tertiary/aromatic N) is 2. The number of aliphatic carboxylic acids is 1. The number of likely N-dealkylation sites (N-methyl/N-ethyl adjacent to an activating group) is 1. The highest BCUT2D eigenvalue weighted by molar-refractivity contribution is 5.86. The zero-order valence-corrected chi connectivity index (χ0v) is 13.7. The van der Waals surface area contributed by atoms with E-state index < -0.39 is 11.5 Å². The fraction of sp³-hybridized carbons (Fsp3) is 0.867. The van der Waals surface area contributed by atoms with E-state index in [0.717, 1.165) is 25.9 Å². The Morgan fingerprint density at radius 2 is 2.00 bits per heavy atom. The highest BCUT2D eigenvalue weighted by Crippen LogP contribution is 2.17. The summed E-state index contributed by atoms with van der Waals surface area (Å²) in [7, 11) is 2.06. The lowest BCUT2D eigenvalue weighted by molar-refractivity contribution is -0.144. The first-order chi connectivity index (χ1) is 9.84. The fourth-order valence-electron chi connectivity index (χ4n) is 2.89. The van der Waals surface area contributed by atoms with Gasteiger partial charge < -0.3 is 20.2 Å². The van der Waals surface area contributed by atoms with Crippen LogP contribution in [0.25, 0.3) is 0 Å². The Labute approximate surface area is 127 Å². The minimum absolute atomic E-state index is 0.136. The molecule has 1 rings (SSSR count). The Morgan fingerprint density at radius 1 is 1.33 bits per heavy atom. The highest BCUT2D eigenvalue weighted by atomic mass is 16.4. The van der Waals surface area contributed by atoms with Gasteiger partial charge in [-0.25, -0.2) is 9.59 Å². The largest absolute Gasteiger partial charge is 0.480 e. The molecule has 1 aliphatic rings. The Hall–Kier alpha value is -1.30. The first kappa shape index (κ1) is 17.8. The molecule has 1 fully saturated rings. The van der Waals surface area contributed by atoms with Crippen LogP contribution in [0.4, 0.5) is 4.79 Å². The van der Waals surface area contributed by atoms with Gasteiger partial charge in [-0.1, -0.05) is 20.3 Å². The van der Waals surface area contributed by atoms with E-state index in [-0.39, 0.29) is 12.1 Å². The standard InChI is InChI=1S/C15H29N3O3/c1-5-8-15(3,13(19)20)16-14(21)18-10-7-9-17(4)11-12(18)6-2/h12H,5-11H2,1-4H3,(H,16,21)(H,19,20). The molecule has 2 unspecified atom stereocenters. The molecule has 21 heavy (non-hydrogen) atoms. The van der Waals surface area contributed by atoms with Crippen molar-refractivity contribution in [2.24, 2.45) is 0 Å². The van der Waals surface area contributed by atoms with Gasteiger partial charge >= 0.3 is 12.0 Å². The number of nitrogens with one attached hydrogen (secondary N) is 1. The summed E-state index contributed by atoms with van der Waals surface area (Å²) >= 11 is 0. The summed E-state index contributed by atoms with van der Waals surface area (Å²) in [6.45, 7) is 8.04. The summed E-state index contributed by atoms with van der Waals surface area (Å²) in [5, 5.41) is 12.1. The van der Waals surface area contributed by atoms with Gasteiger partial charge in [-0.05, 0) is 39.8 Å². The molecule has 0 bridgehead atoms. The second kappa shape index (κ2) is 7.64. The normalized spacial score (nSPS) is 23.2. The maximum atomic E-state index is 12.6. The number of carbonyl (C=O) groups excluding carboxylic acids is 1. The Kier molecular flexibility index (Phi) is 6.45. The van der Waals surface area contributed by atoms with Crippen molar-refractivity contribution in [2.75, 3.05) is 26.7 Å². The molecule has 6 heteroatoms. The molecule has 0 saturated carbocycles. The second-order valence-corrected chi connectivity index (χ2v) is 6.19. The van der Waals surface area contributed by atoms with Crippen LogP contribution in [0.5, 0.6) is 0 Å². The third-order valence-electron chi connectivity index (χ3n) is 4.24. The van der Waals surface area contributed by atoms with E-state index in [9.17, 15) is 14.7 Å². The fourth-order valence-corrected chi connectivity index (χ4v) is 2.89. The summed E-state index contributed by atoms with van der Waals surface area (Å²) in [6.07, 6.45) is 2.93. The molecule has 0 aromatic heterocycles. The first-order valence-electron chi connectivity index (χ1n) is 7.84. The van der Waals surface area contributed by atoms with Gasteiger partial charge in [0.1, 0.15) is 5.54 Å². The van der Waals surface area contributed by atoms with Crippen molar-refractivity contribution < 1.29 is 14.7 Å². The lowest BCUT2D eigenvalue weighted by Crippen LogP contribution is -2.58. The van der Waals surface area contributed by atoms with Gasteiger partial charge in [-0.2, -0.15) is 0 Å². The van der Waals surface area contributed by atoms with Crippen molar-refractivity contribution >= 4 is 12.0 Å². The zero-order chi connectivity index (χ0) is 16.0. The van der Waals surface area contributed by atoms with Crippen molar-refractivity contribution in [3.05, 3.63) is 0 Å². The summed E-state index contributed by atoms with van der Waals surface area (Å²) in [5.41, 5.74) is -1.19. The molecule has 0 radical (unpaired) electrons. The first-order valence-corrected chi connectivity index (χ1v) is 7.84. The predicted molar refractivity (Wildman–Crippen MR) is 82.4 cm³/mol. The number of carbonyl (C=O) groups is 2. The highest BCUT2D eigenvalue weighted by Gasteiger charge is 2.36. The third-order valence-corrected chi connectivity index (χ3v) is 4.24. The zero-order valence-electron chi connectivity index (χ0n) is 13.7. The molecule has 0 aromatic rings. The molecule has 1 aliphatic heterocycles. The Bertz CT molecular complexity index is 375. The van der Waals surface area contributed by atoms with E-state index >= 15 is 0 Å². The molecule has 2 amide bonds. The average Bonchev–Trinajstić information content (AvgIpc) is 2.60. The Balaban J connectivity index is 2.82.